The van der Waals surface area contributed by atoms with E-state index < -0.39 is 16.0 Å². The summed E-state index contributed by atoms with van der Waals surface area (Å²) in [4.78, 5) is 11.6. The summed E-state index contributed by atoms with van der Waals surface area (Å²) in [6.07, 6.45) is 0.842. The summed E-state index contributed by atoms with van der Waals surface area (Å²) < 4.78 is 24.9. The van der Waals surface area contributed by atoms with Gasteiger partial charge in [0.2, 0.25) is 5.91 Å². The van der Waals surface area contributed by atoms with Gasteiger partial charge in [-0.05, 0) is 31.0 Å². The van der Waals surface area contributed by atoms with Gasteiger partial charge in [-0.25, -0.2) is 4.39 Å². The molecule has 2 unspecified atom stereocenters. The topological polar surface area (TPSA) is 46.2 Å². The third-order valence-corrected chi connectivity index (χ3v) is 4.13. The Labute approximate surface area is 109 Å². The fraction of sp³-hybridized carbons (Fsp3) is 0.462. The van der Waals surface area contributed by atoms with E-state index in [1.807, 2.05) is 6.92 Å². The van der Waals surface area contributed by atoms with E-state index in [4.69, 9.17) is 0 Å². The van der Waals surface area contributed by atoms with Crippen LogP contribution in [0, 0.1) is 5.82 Å². The molecule has 1 amide bonds. The van der Waals surface area contributed by atoms with Gasteiger partial charge < -0.3 is 5.32 Å². The van der Waals surface area contributed by atoms with Gasteiger partial charge in [0.25, 0.3) is 0 Å². The van der Waals surface area contributed by atoms with Crippen molar-refractivity contribution in [1.82, 2.24) is 5.32 Å². The van der Waals surface area contributed by atoms with Crippen molar-refractivity contribution in [3.05, 3.63) is 35.6 Å². The molecule has 0 aliphatic carbocycles. The van der Waals surface area contributed by atoms with Gasteiger partial charge in [-0.2, -0.15) is 0 Å². The molecule has 0 radical (unpaired) electrons. The van der Waals surface area contributed by atoms with Crippen LogP contribution in [0.4, 0.5) is 4.39 Å². The van der Waals surface area contributed by atoms with Crippen molar-refractivity contribution < 1.29 is 13.4 Å². The SMILES string of the molecule is CCCNC(=O)C(C)S(=O)Cc1cccc(F)c1. The van der Waals surface area contributed by atoms with Crippen molar-refractivity contribution in [2.24, 2.45) is 0 Å². The second-order valence-corrected chi connectivity index (χ2v) is 5.85. The summed E-state index contributed by atoms with van der Waals surface area (Å²) in [6, 6.07) is 5.96. The second-order valence-electron chi connectivity index (χ2n) is 4.09. The largest absolute Gasteiger partial charge is 0.355 e. The molecule has 1 aromatic rings. The van der Waals surface area contributed by atoms with Crippen LogP contribution in [0.25, 0.3) is 0 Å². The van der Waals surface area contributed by atoms with Gasteiger partial charge >= 0.3 is 0 Å². The minimum Gasteiger partial charge on any atom is -0.355 e. The summed E-state index contributed by atoms with van der Waals surface area (Å²) in [5.41, 5.74) is 0.642. The number of halogens is 1. The predicted molar refractivity (Wildman–Crippen MR) is 71.0 cm³/mol. The highest BCUT2D eigenvalue weighted by Crippen LogP contribution is 2.09. The van der Waals surface area contributed by atoms with E-state index in [0.29, 0.717) is 12.1 Å². The molecule has 5 heteroatoms. The number of carbonyl (C=O) groups excluding carboxylic acids is 1. The smallest absolute Gasteiger partial charge is 0.235 e. The first kappa shape index (κ1) is 14.8. The Kier molecular flexibility index (Phi) is 5.98. The summed E-state index contributed by atoms with van der Waals surface area (Å²) in [6.45, 7) is 4.16. The van der Waals surface area contributed by atoms with E-state index >= 15 is 0 Å². The van der Waals surface area contributed by atoms with E-state index in [1.54, 1.807) is 19.1 Å². The maximum Gasteiger partial charge on any atom is 0.235 e. The number of amides is 1. The Morgan fingerprint density at radius 1 is 1.50 bits per heavy atom. The average molecular weight is 271 g/mol. The van der Waals surface area contributed by atoms with Gasteiger partial charge in [-0.15, -0.1) is 0 Å². The highest BCUT2D eigenvalue weighted by Gasteiger charge is 2.19. The molecule has 0 saturated heterocycles. The van der Waals surface area contributed by atoms with Crippen molar-refractivity contribution in [3.63, 3.8) is 0 Å². The van der Waals surface area contributed by atoms with E-state index in [2.05, 4.69) is 5.32 Å². The van der Waals surface area contributed by atoms with Crippen molar-refractivity contribution in [3.8, 4) is 0 Å². The van der Waals surface area contributed by atoms with E-state index in [9.17, 15) is 13.4 Å². The van der Waals surface area contributed by atoms with Gasteiger partial charge in [0.05, 0.1) is 0 Å². The zero-order valence-electron chi connectivity index (χ0n) is 10.6. The number of hydrogen-bond acceptors (Lipinski definition) is 2. The molecule has 0 saturated carbocycles. The lowest BCUT2D eigenvalue weighted by molar-refractivity contribution is -0.120. The van der Waals surface area contributed by atoms with Crippen LogP contribution < -0.4 is 5.32 Å². The van der Waals surface area contributed by atoms with Crippen LogP contribution in [0.3, 0.4) is 0 Å². The number of hydrogen-bond donors (Lipinski definition) is 1. The Morgan fingerprint density at radius 2 is 2.22 bits per heavy atom. The highest BCUT2D eigenvalue weighted by atomic mass is 32.2. The summed E-state index contributed by atoms with van der Waals surface area (Å²) in [5.74, 6) is -0.377. The zero-order chi connectivity index (χ0) is 13.5. The number of rotatable bonds is 6. The fourth-order valence-electron chi connectivity index (χ4n) is 1.43. The molecule has 0 spiro atoms. The molecule has 0 aromatic heterocycles. The van der Waals surface area contributed by atoms with E-state index in [-0.39, 0.29) is 17.5 Å². The van der Waals surface area contributed by atoms with Crippen molar-refractivity contribution in [2.45, 2.75) is 31.3 Å². The molecule has 1 aromatic carbocycles. The first-order chi connectivity index (χ1) is 8.54. The molecule has 0 fully saturated rings. The van der Waals surface area contributed by atoms with E-state index in [0.717, 1.165) is 6.42 Å². The van der Waals surface area contributed by atoms with Crippen molar-refractivity contribution in [1.29, 1.82) is 0 Å². The Hall–Kier alpha value is -1.23. The lowest BCUT2D eigenvalue weighted by atomic mass is 10.2. The van der Waals surface area contributed by atoms with Gasteiger partial charge in [-0.3, -0.25) is 9.00 Å². The van der Waals surface area contributed by atoms with Crippen molar-refractivity contribution >= 4 is 16.7 Å². The van der Waals surface area contributed by atoms with Gasteiger partial charge in [0.15, 0.2) is 0 Å². The molecule has 2 atom stereocenters. The molecule has 18 heavy (non-hydrogen) atoms. The zero-order valence-corrected chi connectivity index (χ0v) is 11.4. The fourth-order valence-corrected chi connectivity index (χ4v) is 2.51. The summed E-state index contributed by atoms with van der Waals surface area (Å²) >= 11 is 0. The van der Waals surface area contributed by atoms with Gasteiger partial charge in [-0.1, -0.05) is 19.1 Å². The number of carbonyl (C=O) groups is 1. The molecule has 3 nitrogen and oxygen atoms in total. The lowest BCUT2D eigenvalue weighted by Crippen LogP contribution is -2.36. The summed E-state index contributed by atoms with van der Waals surface area (Å²) in [5, 5.41) is 2.12. The lowest BCUT2D eigenvalue weighted by Gasteiger charge is -2.11. The van der Waals surface area contributed by atoms with Crippen LogP contribution in [0.1, 0.15) is 25.8 Å². The normalized spacial score (nSPS) is 13.9. The Morgan fingerprint density at radius 3 is 2.83 bits per heavy atom. The van der Waals surface area contributed by atoms with Crippen LogP contribution in [0.5, 0.6) is 0 Å². The first-order valence-corrected chi connectivity index (χ1v) is 7.32. The average Bonchev–Trinajstić information content (AvgIpc) is 2.35. The standard InChI is InChI=1S/C13H18FNO2S/c1-3-7-15-13(16)10(2)18(17)9-11-5-4-6-12(14)8-11/h4-6,8,10H,3,7,9H2,1-2H3,(H,15,16). The molecular weight excluding hydrogens is 253 g/mol. The van der Waals surface area contributed by atoms with Crippen LogP contribution in [-0.2, 0) is 21.3 Å². The second kappa shape index (κ2) is 7.26. The van der Waals surface area contributed by atoms with Crippen LogP contribution in [-0.4, -0.2) is 21.9 Å². The molecule has 0 aliphatic rings. The molecule has 0 aliphatic heterocycles. The molecule has 100 valence electrons. The Bertz CT molecular complexity index is 437. The number of benzene rings is 1. The van der Waals surface area contributed by atoms with Crippen LogP contribution in [0.2, 0.25) is 0 Å². The predicted octanol–water partition coefficient (Wildman–Crippen LogP) is 1.99. The summed E-state index contributed by atoms with van der Waals surface area (Å²) in [7, 11) is -1.34. The maximum atomic E-state index is 13.0. The van der Waals surface area contributed by atoms with Gasteiger partial charge in [0, 0.05) is 23.1 Å². The monoisotopic (exact) mass is 271 g/mol. The highest BCUT2D eigenvalue weighted by molar-refractivity contribution is 7.85. The molecule has 0 heterocycles. The van der Waals surface area contributed by atoms with Crippen molar-refractivity contribution in [2.75, 3.05) is 6.54 Å². The molecule has 0 bridgehead atoms. The third-order valence-electron chi connectivity index (χ3n) is 2.51. The third kappa shape index (κ3) is 4.56. The van der Waals surface area contributed by atoms with Crippen LogP contribution >= 0.6 is 0 Å². The Balaban J connectivity index is 2.57. The minimum absolute atomic E-state index is 0.193. The van der Waals surface area contributed by atoms with E-state index in [1.165, 1.54) is 12.1 Å². The quantitative estimate of drug-likeness (QED) is 0.860. The first-order valence-electron chi connectivity index (χ1n) is 5.94. The molecule has 1 N–H and O–H groups in total. The van der Waals surface area contributed by atoms with Gasteiger partial charge in [0.1, 0.15) is 11.1 Å². The minimum atomic E-state index is -1.34. The number of nitrogens with one attached hydrogen (secondary N) is 1. The maximum absolute atomic E-state index is 13.0. The molecule has 1 rings (SSSR count). The molecular formula is C13H18FNO2S. The van der Waals surface area contributed by atoms with Crippen LogP contribution in [0.15, 0.2) is 24.3 Å².